The van der Waals surface area contributed by atoms with Crippen molar-refractivity contribution in [3.63, 3.8) is 0 Å². The first-order valence-corrected chi connectivity index (χ1v) is 17.5. The zero-order valence-electron chi connectivity index (χ0n) is 28.4. The van der Waals surface area contributed by atoms with Crippen LogP contribution in [-0.2, 0) is 10.8 Å². The van der Waals surface area contributed by atoms with Gasteiger partial charge < -0.3 is 4.57 Å². The van der Waals surface area contributed by atoms with Crippen LogP contribution in [0.1, 0.15) is 49.9 Å². The van der Waals surface area contributed by atoms with E-state index >= 15 is 0 Å². The van der Waals surface area contributed by atoms with Gasteiger partial charge in [-0.15, -0.1) is 0 Å². The molecule has 0 saturated carbocycles. The highest BCUT2D eigenvalue weighted by atomic mass is 15.0. The molecule has 1 heteroatoms. The number of para-hydroxylation sites is 1. The Balaban J connectivity index is 1.21. The molecule has 0 bridgehead atoms. The molecule has 0 spiro atoms. The fraction of sp³-hybridized carbons (Fsp3) is 0.125. The van der Waals surface area contributed by atoms with Crippen LogP contribution < -0.4 is 0 Å². The lowest BCUT2D eigenvalue weighted by Crippen LogP contribution is -2.15. The molecular formula is C48H37N. The maximum absolute atomic E-state index is 2.49. The van der Waals surface area contributed by atoms with Gasteiger partial charge in [0.2, 0.25) is 0 Å². The van der Waals surface area contributed by atoms with Gasteiger partial charge in [0.05, 0.1) is 11.0 Å². The second-order valence-corrected chi connectivity index (χ2v) is 14.9. The third kappa shape index (κ3) is 3.82. The molecule has 0 fully saturated rings. The summed E-state index contributed by atoms with van der Waals surface area (Å²) >= 11 is 0. The molecule has 0 N–H and O–H groups in total. The van der Waals surface area contributed by atoms with Crippen molar-refractivity contribution in [1.29, 1.82) is 0 Å². The molecule has 0 unspecified atom stereocenters. The second-order valence-electron chi connectivity index (χ2n) is 14.9. The molecule has 10 rings (SSSR count). The largest absolute Gasteiger partial charge is 0.309 e. The van der Waals surface area contributed by atoms with Gasteiger partial charge in [-0.1, -0.05) is 149 Å². The van der Waals surface area contributed by atoms with Crippen LogP contribution in [0.3, 0.4) is 0 Å². The Kier molecular flexibility index (Phi) is 5.75. The van der Waals surface area contributed by atoms with E-state index in [0.717, 1.165) is 0 Å². The predicted octanol–water partition coefficient (Wildman–Crippen LogP) is 12.7. The molecule has 0 atom stereocenters. The molecule has 1 nitrogen and oxygen atoms in total. The van der Waals surface area contributed by atoms with E-state index in [0.29, 0.717) is 0 Å². The zero-order chi connectivity index (χ0) is 33.1. The summed E-state index contributed by atoms with van der Waals surface area (Å²) in [6, 6.07) is 56.6. The van der Waals surface area contributed by atoms with Crippen LogP contribution in [0.15, 0.2) is 152 Å². The highest BCUT2D eigenvalue weighted by Crippen LogP contribution is 2.55. The van der Waals surface area contributed by atoms with Gasteiger partial charge in [0.15, 0.2) is 0 Å². The van der Waals surface area contributed by atoms with Gasteiger partial charge in [0.1, 0.15) is 0 Å². The van der Waals surface area contributed by atoms with E-state index in [4.69, 9.17) is 0 Å². The van der Waals surface area contributed by atoms with Gasteiger partial charge in [-0.3, -0.25) is 0 Å². The minimum Gasteiger partial charge on any atom is -0.309 e. The van der Waals surface area contributed by atoms with E-state index in [-0.39, 0.29) is 10.8 Å². The quantitative estimate of drug-likeness (QED) is 0.184. The Morgan fingerprint density at radius 1 is 0.367 bits per heavy atom. The second kappa shape index (κ2) is 9.94. The first-order chi connectivity index (χ1) is 23.8. The van der Waals surface area contributed by atoms with E-state index in [1.54, 1.807) is 0 Å². The average molecular weight is 628 g/mol. The smallest absolute Gasteiger partial charge is 0.0544 e. The molecule has 49 heavy (non-hydrogen) atoms. The van der Waals surface area contributed by atoms with Crippen molar-refractivity contribution < 1.29 is 0 Å². The Bertz CT molecular complexity index is 2650. The maximum atomic E-state index is 2.49. The number of benzene rings is 7. The summed E-state index contributed by atoms with van der Waals surface area (Å²) in [5.74, 6) is 0. The van der Waals surface area contributed by atoms with Crippen molar-refractivity contribution >= 4 is 21.8 Å². The SMILES string of the molecule is CC1(C)c2ccccc2-c2cc3c4ccccc4n(-c4cccc(-c5cccc6c5-c5c(-c7ccccc7)cccc5C6(C)C)c4)c3cc21. The number of nitrogens with zero attached hydrogens (tertiary/aromatic N) is 1. The lowest BCUT2D eigenvalue weighted by Gasteiger charge is -2.22. The van der Waals surface area contributed by atoms with E-state index in [9.17, 15) is 0 Å². The van der Waals surface area contributed by atoms with Gasteiger partial charge in [0, 0.05) is 27.3 Å². The maximum Gasteiger partial charge on any atom is 0.0544 e. The third-order valence-corrected chi connectivity index (χ3v) is 11.6. The minimum atomic E-state index is -0.0966. The highest BCUT2D eigenvalue weighted by Gasteiger charge is 2.39. The lowest BCUT2D eigenvalue weighted by atomic mass is 9.81. The Morgan fingerprint density at radius 3 is 1.71 bits per heavy atom. The number of fused-ring (bicyclic) bond motifs is 9. The van der Waals surface area contributed by atoms with Crippen LogP contribution in [0.5, 0.6) is 0 Å². The van der Waals surface area contributed by atoms with Crippen LogP contribution in [0.4, 0.5) is 0 Å². The summed E-state index contributed by atoms with van der Waals surface area (Å²) in [4.78, 5) is 0. The van der Waals surface area contributed by atoms with Crippen molar-refractivity contribution in [2.45, 2.75) is 38.5 Å². The van der Waals surface area contributed by atoms with Crippen LogP contribution in [0.25, 0.3) is 72.0 Å². The molecule has 0 amide bonds. The third-order valence-electron chi connectivity index (χ3n) is 11.6. The summed E-state index contributed by atoms with van der Waals surface area (Å²) in [5.41, 5.74) is 19.6. The van der Waals surface area contributed by atoms with Crippen LogP contribution in [-0.4, -0.2) is 4.57 Å². The van der Waals surface area contributed by atoms with E-state index in [1.165, 1.54) is 94.3 Å². The normalized spacial score (nSPS) is 14.9. The molecule has 7 aromatic carbocycles. The van der Waals surface area contributed by atoms with Gasteiger partial charge in [0.25, 0.3) is 0 Å². The van der Waals surface area contributed by atoms with Gasteiger partial charge >= 0.3 is 0 Å². The summed E-state index contributed by atoms with van der Waals surface area (Å²) in [7, 11) is 0. The summed E-state index contributed by atoms with van der Waals surface area (Å²) in [5, 5.41) is 2.59. The fourth-order valence-electron chi connectivity index (χ4n) is 9.18. The Hall–Kier alpha value is -5.66. The minimum absolute atomic E-state index is 0.0650. The van der Waals surface area contributed by atoms with Gasteiger partial charge in [-0.25, -0.2) is 0 Å². The van der Waals surface area contributed by atoms with Gasteiger partial charge in [-0.2, -0.15) is 0 Å². The van der Waals surface area contributed by atoms with Crippen molar-refractivity contribution in [2.24, 2.45) is 0 Å². The van der Waals surface area contributed by atoms with Crippen LogP contribution in [0, 0.1) is 0 Å². The molecule has 234 valence electrons. The Labute approximate surface area is 288 Å². The van der Waals surface area contributed by atoms with E-state index in [1.807, 2.05) is 0 Å². The average Bonchev–Trinajstić information content (AvgIpc) is 3.68. The molecule has 2 aliphatic rings. The monoisotopic (exact) mass is 627 g/mol. The number of aromatic nitrogens is 1. The first-order valence-electron chi connectivity index (χ1n) is 17.5. The molecule has 0 saturated heterocycles. The van der Waals surface area contributed by atoms with E-state index in [2.05, 4.69) is 184 Å². The molecule has 0 radical (unpaired) electrons. The van der Waals surface area contributed by atoms with Crippen molar-refractivity contribution in [3.05, 3.63) is 174 Å². The standard InChI is InChI=1S/C48H37N/c1-47(2)39-23-10-8-19-35(39)37-28-38-36-20-9-11-26-43(36)49(44(38)29-42(37)47)32-18-12-17-31(27-32)34-22-14-25-41-46(34)45-33(30-15-6-5-7-16-30)21-13-24-40(45)48(41,3)4/h5-29H,1-4H3. The molecule has 1 heterocycles. The molecular weight excluding hydrogens is 591 g/mol. The summed E-state index contributed by atoms with van der Waals surface area (Å²) < 4.78 is 2.49. The molecule has 1 aromatic heterocycles. The first kappa shape index (κ1) is 28.4. The number of hydrogen-bond donors (Lipinski definition) is 0. The Morgan fingerprint density at radius 2 is 0.939 bits per heavy atom. The van der Waals surface area contributed by atoms with Crippen molar-refractivity contribution in [3.8, 4) is 50.2 Å². The highest BCUT2D eigenvalue weighted by molar-refractivity contribution is 6.12. The topological polar surface area (TPSA) is 4.93 Å². The van der Waals surface area contributed by atoms with Crippen LogP contribution >= 0.6 is 0 Å². The van der Waals surface area contributed by atoms with Gasteiger partial charge in [-0.05, 0) is 97.1 Å². The lowest BCUT2D eigenvalue weighted by molar-refractivity contribution is 0.660. The molecule has 8 aromatic rings. The number of hydrogen-bond acceptors (Lipinski definition) is 0. The summed E-state index contributed by atoms with van der Waals surface area (Å²) in [6.07, 6.45) is 0. The van der Waals surface area contributed by atoms with Crippen molar-refractivity contribution in [2.75, 3.05) is 0 Å². The zero-order valence-corrected chi connectivity index (χ0v) is 28.4. The van der Waals surface area contributed by atoms with Crippen molar-refractivity contribution in [1.82, 2.24) is 4.57 Å². The van der Waals surface area contributed by atoms with Crippen LogP contribution in [0.2, 0.25) is 0 Å². The fourth-order valence-corrected chi connectivity index (χ4v) is 9.18. The summed E-state index contributed by atoms with van der Waals surface area (Å²) in [6.45, 7) is 9.50. The predicted molar refractivity (Wildman–Crippen MR) is 207 cm³/mol. The number of rotatable bonds is 3. The van der Waals surface area contributed by atoms with E-state index < -0.39 is 0 Å². The molecule has 2 aliphatic carbocycles. The molecule has 0 aliphatic heterocycles.